The summed E-state index contributed by atoms with van der Waals surface area (Å²) in [6, 6.07) is 6.40. The van der Waals surface area contributed by atoms with Crippen molar-refractivity contribution in [3.8, 4) is 0 Å². The van der Waals surface area contributed by atoms with Crippen LogP contribution in [0.5, 0.6) is 0 Å². The molecule has 5 nitrogen and oxygen atoms in total. The SMILES string of the molecule is O=C(N[C@@H]1CCCN(c2ccccn2)C1)[C@H](C1CC1)N1CCCC1. The standard InChI is InChI=1S/C19H28N4O/c24-19(18(15-8-9-15)22-11-3-4-12-22)21-16-6-5-13-23(14-16)17-7-1-2-10-20-17/h1-2,7,10,15-16,18H,3-6,8-9,11-14H2,(H,21,24)/t16-,18+/m1/s1. The van der Waals surface area contributed by atoms with Gasteiger partial charge in [-0.15, -0.1) is 0 Å². The van der Waals surface area contributed by atoms with Gasteiger partial charge in [0, 0.05) is 25.3 Å². The number of carbonyl (C=O) groups excluding carboxylic acids is 1. The molecule has 1 saturated carbocycles. The first-order chi connectivity index (χ1) is 11.8. The molecule has 2 aliphatic heterocycles. The summed E-state index contributed by atoms with van der Waals surface area (Å²) in [6.07, 6.45) is 8.96. The summed E-state index contributed by atoms with van der Waals surface area (Å²) in [5.41, 5.74) is 0. The van der Waals surface area contributed by atoms with E-state index in [-0.39, 0.29) is 18.0 Å². The van der Waals surface area contributed by atoms with Gasteiger partial charge in [0.05, 0.1) is 6.04 Å². The molecule has 3 fully saturated rings. The highest BCUT2D eigenvalue weighted by molar-refractivity contribution is 5.83. The Morgan fingerprint density at radius 2 is 1.96 bits per heavy atom. The summed E-state index contributed by atoms with van der Waals surface area (Å²) in [7, 11) is 0. The molecule has 1 aromatic heterocycles. The van der Waals surface area contributed by atoms with Gasteiger partial charge in [0.2, 0.25) is 5.91 Å². The van der Waals surface area contributed by atoms with Crippen LogP contribution in [0.4, 0.5) is 5.82 Å². The molecule has 130 valence electrons. The molecular formula is C19H28N4O. The number of likely N-dealkylation sites (tertiary alicyclic amines) is 1. The minimum atomic E-state index is 0.123. The smallest absolute Gasteiger partial charge is 0.237 e. The van der Waals surface area contributed by atoms with Crippen molar-refractivity contribution in [3.05, 3.63) is 24.4 Å². The van der Waals surface area contributed by atoms with E-state index in [1.165, 1.54) is 25.7 Å². The predicted octanol–water partition coefficient (Wildman–Crippen LogP) is 2.04. The van der Waals surface area contributed by atoms with Crippen molar-refractivity contribution in [3.63, 3.8) is 0 Å². The fraction of sp³-hybridized carbons (Fsp3) is 0.684. The molecule has 1 amide bonds. The van der Waals surface area contributed by atoms with E-state index in [9.17, 15) is 4.79 Å². The molecule has 4 rings (SSSR count). The first kappa shape index (κ1) is 15.9. The Hall–Kier alpha value is -1.62. The van der Waals surface area contributed by atoms with Crippen molar-refractivity contribution in [1.82, 2.24) is 15.2 Å². The topological polar surface area (TPSA) is 48.5 Å². The average molecular weight is 328 g/mol. The second kappa shape index (κ2) is 7.09. The Balaban J connectivity index is 1.37. The molecule has 2 saturated heterocycles. The number of rotatable bonds is 5. The lowest BCUT2D eigenvalue weighted by molar-refractivity contribution is -0.127. The minimum Gasteiger partial charge on any atom is -0.355 e. The first-order valence-electron chi connectivity index (χ1n) is 9.51. The second-order valence-corrected chi connectivity index (χ2v) is 7.51. The van der Waals surface area contributed by atoms with Gasteiger partial charge in [-0.1, -0.05) is 6.07 Å². The van der Waals surface area contributed by atoms with Crippen molar-refractivity contribution in [2.45, 2.75) is 50.6 Å². The minimum absolute atomic E-state index is 0.123. The number of nitrogens with zero attached hydrogens (tertiary/aromatic N) is 3. The quantitative estimate of drug-likeness (QED) is 0.899. The number of aromatic nitrogens is 1. The van der Waals surface area contributed by atoms with Crippen LogP contribution in [0, 0.1) is 5.92 Å². The largest absolute Gasteiger partial charge is 0.355 e. The van der Waals surface area contributed by atoms with Crippen molar-refractivity contribution in [2.75, 3.05) is 31.1 Å². The molecule has 24 heavy (non-hydrogen) atoms. The Labute approximate surface area is 144 Å². The lowest BCUT2D eigenvalue weighted by Crippen LogP contribution is -2.54. The summed E-state index contributed by atoms with van der Waals surface area (Å²) in [6.45, 7) is 4.10. The average Bonchev–Trinajstić information content (AvgIpc) is 3.30. The summed E-state index contributed by atoms with van der Waals surface area (Å²) >= 11 is 0. The number of anilines is 1. The number of hydrogen-bond acceptors (Lipinski definition) is 4. The number of carbonyl (C=O) groups is 1. The summed E-state index contributed by atoms with van der Waals surface area (Å²) in [5.74, 6) is 1.89. The van der Waals surface area contributed by atoms with Crippen molar-refractivity contribution in [2.24, 2.45) is 5.92 Å². The Kier molecular flexibility index (Phi) is 4.69. The van der Waals surface area contributed by atoms with Gasteiger partial charge in [-0.05, 0) is 69.7 Å². The predicted molar refractivity (Wildman–Crippen MR) is 94.9 cm³/mol. The first-order valence-corrected chi connectivity index (χ1v) is 9.51. The number of pyridine rings is 1. The fourth-order valence-corrected chi connectivity index (χ4v) is 4.24. The van der Waals surface area contributed by atoms with E-state index in [1.807, 2.05) is 18.3 Å². The molecule has 0 spiro atoms. The van der Waals surface area contributed by atoms with Gasteiger partial charge in [0.15, 0.2) is 0 Å². The van der Waals surface area contributed by atoms with Crippen LogP contribution in [-0.2, 0) is 4.79 Å². The highest BCUT2D eigenvalue weighted by Crippen LogP contribution is 2.36. The number of piperidine rings is 1. The van der Waals surface area contributed by atoms with Crippen LogP contribution in [0.25, 0.3) is 0 Å². The summed E-state index contributed by atoms with van der Waals surface area (Å²) in [5, 5.41) is 3.37. The Morgan fingerprint density at radius 1 is 1.12 bits per heavy atom. The van der Waals surface area contributed by atoms with E-state index in [1.54, 1.807) is 0 Å². The monoisotopic (exact) mass is 328 g/mol. The molecule has 1 aliphatic carbocycles. The molecule has 2 atom stereocenters. The van der Waals surface area contributed by atoms with Gasteiger partial charge in [-0.25, -0.2) is 4.98 Å². The molecule has 3 aliphatic rings. The summed E-state index contributed by atoms with van der Waals surface area (Å²) < 4.78 is 0. The van der Waals surface area contributed by atoms with Gasteiger partial charge in [0.1, 0.15) is 5.82 Å². The molecule has 5 heteroatoms. The Bertz CT molecular complexity index is 554. The van der Waals surface area contributed by atoms with Gasteiger partial charge in [-0.3, -0.25) is 9.69 Å². The van der Waals surface area contributed by atoms with E-state index in [0.29, 0.717) is 5.92 Å². The fourth-order valence-electron chi connectivity index (χ4n) is 4.24. The third-order valence-electron chi connectivity index (χ3n) is 5.61. The van der Waals surface area contributed by atoms with Crippen molar-refractivity contribution in [1.29, 1.82) is 0 Å². The lowest BCUT2D eigenvalue weighted by atomic mass is 10.0. The van der Waals surface area contributed by atoms with E-state index in [0.717, 1.165) is 44.8 Å². The number of nitrogens with one attached hydrogen (secondary N) is 1. The normalized spacial score (nSPS) is 26.3. The molecular weight excluding hydrogens is 300 g/mol. The van der Waals surface area contributed by atoms with Crippen LogP contribution in [0.3, 0.4) is 0 Å². The molecule has 1 N–H and O–H groups in total. The molecule has 0 bridgehead atoms. The molecule has 1 aromatic rings. The zero-order valence-electron chi connectivity index (χ0n) is 14.4. The second-order valence-electron chi connectivity index (χ2n) is 7.51. The maximum atomic E-state index is 12.9. The third-order valence-corrected chi connectivity index (χ3v) is 5.61. The van der Waals surface area contributed by atoms with Crippen molar-refractivity contribution < 1.29 is 4.79 Å². The number of hydrogen-bond donors (Lipinski definition) is 1. The van der Waals surface area contributed by atoms with Crippen molar-refractivity contribution >= 4 is 11.7 Å². The Morgan fingerprint density at radius 3 is 2.67 bits per heavy atom. The van der Waals surface area contributed by atoms with Crippen LogP contribution in [0.15, 0.2) is 24.4 Å². The van der Waals surface area contributed by atoms with E-state index < -0.39 is 0 Å². The maximum Gasteiger partial charge on any atom is 0.237 e. The van der Waals surface area contributed by atoms with Gasteiger partial charge in [-0.2, -0.15) is 0 Å². The lowest BCUT2D eigenvalue weighted by Gasteiger charge is -2.35. The highest BCUT2D eigenvalue weighted by atomic mass is 16.2. The zero-order valence-corrected chi connectivity index (χ0v) is 14.4. The molecule has 3 heterocycles. The third kappa shape index (κ3) is 3.56. The van der Waals surface area contributed by atoms with Gasteiger partial charge < -0.3 is 10.2 Å². The maximum absolute atomic E-state index is 12.9. The molecule has 0 unspecified atom stereocenters. The van der Waals surface area contributed by atoms with Crippen LogP contribution >= 0.6 is 0 Å². The van der Waals surface area contributed by atoms with E-state index in [4.69, 9.17) is 0 Å². The zero-order chi connectivity index (χ0) is 16.4. The highest BCUT2D eigenvalue weighted by Gasteiger charge is 2.41. The van der Waals surface area contributed by atoms with Crippen LogP contribution < -0.4 is 10.2 Å². The molecule has 0 radical (unpaired) electrons. The summed E-state index contributed by atoms with van der Waals surface area (Å²) in [4.78, 5) is 22.1. The van der Waals surface area contributed by atoms with E-state index in [2.05, 4.69) is 26.2 Å². The van der Waals surface area contributed by atoms with Crippen LogP contribution in [0.2, 0.25) is 0 Å². The van der Waals surface area contributed by atoms with E-state index >= 15 is 0 Å². The van der Waals surface area contributed by atoms with Gasteiger partial charge in [0.25, 0.3) is 0 Å². The molecule has 0 aromatic carbocycles. The number of amides is 1. The van der Waals surface area contributed by atoms with Crippen LogP contribution in [0.1, 0.15) is 38.5 Å². The van der Waals surface area contributed by atoms with Crippen LogP contribution in [-0.4, -0.2) is 54.1 Å². The van der Waals surface area contributed by atoms with Gasteiger partial charge >= 0.3 is 0 Å².